The number of nitrogens with zero attached hydrogens (tertiary/aromatic N) is 3. The fraction of sp³-hybridized carbons (Fsp3) is 0.455. The van der Waals surface area contributed by atoms with Crippen molar-refractivity contribution in [3.8, 4) is 17.0 Å². The van der Waals surface area contributed by atoms with Crippen LogP contribution in [-0.2, 0) is 4.74 Å². The summed E-state index contributed by atoms with van der Waals surface area (Å²) in [5, 5.41) is 26.0. The van der Waals surface area contributed by atoms with Crippen LogP contribution in [0.25, 0.3) is 21.3 Å². The second-order valence-corrected chi connectivity index (χ2v) is 9.00. The summed E-state index contributed by atoms with van der Waals surface area (Å²) in [6, 6.07) is 8.88. The van der Waals surface area contributed by atoms with Crippen LogP contribution in [0, 0.1) is 6.92 Å². The molecule has 0 spiro atoms. The molecule has 2 fully saturated rings. The molecule has 2 saturated heterocycles. The van der Waals surface area contributed by atoms with Gasteiger partial charge in [-0.2, -0.15) is 0 Å². The number of hydrogen-bond acceptors (Lipinski definition) is 7. The number of aromatic hydroxyl groups is 1. The van der Waals surface area contributed by atoms with E-state index in [0.717, 1.165) is 71.9 Å². The largest absolute Gasteiger partial charge is 0.507 e. The SMILES string of the molecule is Cc1cc(N[C@H]2CCCN([C@@H]3CCOC3)C2)nnc1-c1ccc2sccc2c1O. The van der Waals surface area contributed by atoms with E-state index < -0.39 is 0 Å². The van der Waals surface area contributed by atoms with E-state index in [2.05, 4.69) is 20.4 Å². The standard InChI is InChI=1S/C22H26N4O2S/c1-14-11-20(23-15-3-2-8-26(12-15)16-6-9-28-13-16)24-25-21(14)18-4-5-19-17(22(18)27)7-10-29-19/h4-5,7,10-11,15-16,27H,2-3,6,8-9,12-13H2,1H3,(H,23,24)/t15-,16+/m0/s1. The summed E-state index contributed by atoms with van der Waals surface area (Å²) in [6.07, 6.45) is 3.47. The number of anilines is 1. The van der Waals surface area contributed by atoms with E-state index in [1.54, 1.807) is 11.3 Å². The molecule has 5 rings (SSSR count). The van der Waals surface area contributed by atoms with Gasteiger partial charge in [0.25, 0.3) is 0 Å². The lowest BCUT2D eigenvalue weighted by molar-refractivity contribution is 0.123. The fourth-order valence-corrected chi connectivity index (χ4v) is 5.31. The van der Waals surface area contributed by atoms with Gasteiger partial charge in [-0.25, -0.2) is 0 Å². The molecule has 152 valence electrons. The summed E-state index contributed by atoms with van der Waals surface area (Å²) in [4.78, 5) is 2.55. The minimum atomic E-state index is 0.281. The molecule has 2 atom stereocenters. The van der Waals surface area contributed by atoms with Crippen molar-refractivity contribution < 1.29 is 9.84 Å². The van der Waals surface area contributed by atoms with Gasteiger partial charge in [-0.15, -0.1) is 21.5 Å². The van der Waals surface area contributed by atoms with Crippen molar-refractivity contribution in [1.82, 2.24) is 15.1 Å². The lowest BCUT2D eigenvalue weighted by Crippen LogP contribution is -2.47. The molecule has 29 heavy (non-hydrogen) atoms. The van der Waals surface area contributed by atoms with Gasteiger partial charge in [0.2, 0.25) is 0 Å². The van der Waals surface area contributed by atoms with Gasteiger partial charge in [0.1, 0.15) is 11.6 Å². The maximum absolute atomic E-state index is 10.7. The third-order valence-electron chi connectivity index (χ3n) is 6.07. The Balaban J connectivity index is 1.33. The van der Waals surface area contributed by atoms with Crippen LogP contribution in [0.3, 0.4) is 0 Å². The lowest BCUT2D eigenvalue weighted by atomic mass is 10.0. The van der Waals surface area contributed by atoms with Crippen LogP contribution in [0.1, 0.15) is 24.8 Å². The van der Waals surface area contributed by atoms with Crippen LogP contribution >= 0.6 is 11.3 Å². The van der Waals surface area contributed by atoms with Gasteiger partial charge >= 0.3 is 0 Å². The van der Waals surface area contributed by atoms with Crippen LogP contribution in [-0.4, -0.2) is 58.6 Å². The monoisotopic (exact) mass is 410 g/mol. The molecule has 0 aliphatic carbocycles. The number of hydrogen-bond donors (Lipinski definition) is 2. The summed E-state index contributed by atoms with van der Waals surface area (Å²) < 4.78 is 6.64. The number of nitrogens with one attached hydrogen (secondary N) is 1. The van der Waals surface area contributed by atoms with Crippen molar-refractivity contribution in [2.45, 2.75) is 38.3 Å². The average Bonchev–Trinajstić information content (AvgIpc) is 3.42. The maximum Gasteiger partial charge on any atom is 0.149 e. The summed E-state index contributed by atoms with van der Waals surface area (Å²) in [5.74, 6) is 1.08. The molecule has 4 heterocycles. The predicted molar refractivity (Wildman–Crippen MR) is 117 cm³/mol. The highest BCUT2D eigenvalue weighted by Gasteiger charge is 2.28. The third-order valence-corrected chi connectivity index (χ3v) is 6.96. The predicted octanol–water partition coefficient (Wildman–Crippen LogP) is 4.04. The van der Waals surface area contributed by atoms with Crippen LogP contribution in [0.5, 0.6) is 5.75 Å². The topological polar surface area (TPSA) is 70.5 Å². The normalized spacial score (nSPS) is 22.9. The first-order valence-corrected chi connectivity index (χ1v) is 11.2. The molecule has 2 aromatic heterocycles. The van der Waals surface area contributed by atoms with Gasteiger partial charge in [0, 0.05) is 40.9 Å². The van der Waals surface area contributed by atoms with E-state index in [4.69, 9.17) is 4.74 Å². The van der Waals surface area contributed by atoms with E-state index >= 15 is 0 Å². The molecule has 0 unspecified atom stereocenters. The first-order chi connectivity index (χ1) is 14.2. The average molecular weight is 411 g/mol. The first-order valence-electron chi connectivity index (χ1n) is 10.3. The molecular weight excluding hydrogens is 384 g/mol. The number of piperidine rings is 1. The molecule has 0 saturated carbocycles. The number of phenolic OH excluding ortho intramolecular Hbond substituents is 1. The van der Waals surface area contributed by atoms with Crippen molar-refractivity contribution in [1.29, 1.82) is 0 Å². The fourth-order valence-electron chi connectivity index (χ4n) is 4.52. The zero-order valence-corrected chi connectivity index (χ0v) is 17.4. The molecule has 2 aliphatic heterocycles. The number of fused-ring (bicyclic) bond motifs is 1. The van der Waals surface area contributed by atoms with Gasteiger partial charge in [-0.1, -0.05) is 0 Å². The second-order valence-electron chi connectivity index (χ2n) is 8.05. The molecule has 6 nitrogen and oxygen atoms in total. The molecule has 2 N–H and O–H groups in total. The van der Waals surface area contributed by atoms with E-state index in [9.17, 15) is 5.11 Å². The quantitative estimate of drug-likeness (QED) is 0.677. The molecule has 0 bridgehead atoms. The first kappa shape index (κ1) is 18.8. The van der Waals surface area contributed by atoms with Crippen LogP contribution < -0.4 is 5.32 Å². The van der Waals surface area contributed by atoms with Crippen molar-refractivity contribution in [2.75, 3.05) is 31.6 Å². The number of thiophene rings is 1. The maximum atomic E-state index is 10.7. The number of rotatable bonds is 4. The highest BCUT2D eigenvalue weighted by molar-refractivity contribution is 7.17. The Morgan fingerprint density at radius 2 is 2.17 bits per heavy atom. The zero-order valence-electron chi connectivity index (χ0n) is 16.6. The van der Waals surface area contributed by atoms with Crippen LogP contribution in [0.15, 0.2) is 29.6 Å². The number of phenols is 1. The summed E-state index contributed by atoms with van der Waals surface area (Å²) in [7, 11) is 0. The van der Waals surface area contributed by atoms with Crippen molar-refractivity contribution >= 4 is 27.2 Å². The number of ether oxygens (including phenoxy) is 1. The summed E-state index contributed by atoms with van der Waals surface area (Å²) in [6.45, 7) is 5.94. The molecule has 0 radical (unpaired) electrons. The van der Waals surface area contributed by atoms with E-state index in [-0.39, 0.29) is 5.75 Å². The highest BCUT2D eigenvalue weighted by Crippen LogP contribution is 2.38. The smallest absolute Gasteiger partial charge is 0.149 e. The van der Waals surface area contributed by atoms with Gasteiger partial charge in [-0.3, -0.25) is 4.90 Å². The second kappa shape index (κ2) is 7.89. The molecule has 3 aromatic rings. The number of benzene rings is 1. The molecule has 2 aliphatic rings. The Morgan fingerprint density at radius 1 is 1.24 bits per heavy atom. The van der Waals surface area contributed by atoms with Crippen LogP contribution in [0.2, 0.25) is 0 Å². The van der Waals surface area contributed by atoms with Crippen molar-refractivity contribution in [3.63, 3.8) is 0 Å². The Morgan fingerprint density at radius 3 is 3.00 bits per heavy atom. The summed E-state index contributed by atoms with van der Waals surface area (Å²) >= 11 is 1.62. The van der Waals surface area contributed by atoms with Crippen molar-refractivity contribution in [3.05, 3.63) is 35.2 Å². The van der Waals surface area contributed by atoms with E-state index in [0.29, 0.717) is 12.1 Å². The Labute approximate surface area is 174 Å². The number of aromatic nitrogens is 2. The Bertz CT molecular complexity index is 1020. The van der Waals surface area contributed by atoms with Gasteiger partial charge in [0.05, 0.1) is 12.3 Å². The van der Waals surface area contributed by atoms with Gasteiger partial charge in [-0.05, 0) is 67.9 Å². The Hall–Kier alpha value is -2.22. The van der Waals surface area contributed by atoms with Gasteiger partial charge < -0.3 is 15.2 Å². The summed E-state index contributed by atoms with van der Waals surface area (Å²) in [5.41, 5.74) is 2.47. The van der Waals surface area contributed by atoms with Crippen molar-refractivity contribution in [2.24, 2.45) is 0 Å². The molecule has 0 amide bonds. The number of aryl methyl sites for hydroxylation is 1. The highest BCUT2D eigenvalue weighted by atomic mass is 32.1. The lowest BCUT2D eigenvalue weighted by Gasteiger charge is -2.36. The minimum absolute atomic E-state index is 0.281. The zero-order chi connectivity index (χ0) is 19.8. The van der Waals surface area contributed by atoms with Crippen LogP contribution in [0.4, 0.5) is 5.82 Å². The Kier molecular flexibility index (Phi) is 5.11. The number of likely N-dealkylation sites (tertiary alicyclic amines) is 1. The third kappa shape index (κ3) is 3.70. The minimum Gasteiger partial charge on any atom is -0.507 e. The van der Waals surface area contributed by atoms with E-state index in [1.165, 1.54) is 6.42 Å². The molecule has 7 heteroatoms. The molecule has 1 aromatic carbocycles. The van der Waals surface area contributed by atoms with E-state index in [1.807, 2.05) is 36.6 Å². The van der Waals surface area contributed by atoms with Gasteiger partial charge in [0.15, 0.2) is 0 Å². The molecular formula is C22H26N4O2S.